The zero-order chi connectivity index (χ0) is 20.1. The summed E-state index contributed by atoms with van der Waals surface area (Å²) in [5, 5.41) is 18.8. The largest absolute Gasteiger partial charge is 0.493 e. The van der Waals surface area contributed by atoms with E-state index < -0.39 is 13.1 Å². The molecule has 9 heteroatoms. The van der Waals surface area contributed by atoms with E-state index >= 15 is 0 Å². The summed E-state index contributed by atoms with van der Waals surface area (Å²) in [5.41, 5.74) is 1.75. The van der Waals surface area contributed by atoms with Gasteiger partial charge in [0.2, 0.25) is 0 Å². The Morgan fingerprint density at radius 1 is 1.32 bits per heavy atom. The van der Waals surface area contributed by atoms with Crippen molar-refractivity contribution in [3.05, 3.63) is 35.7 Å². The van der Waals surface area contributed by atoms with Crippen LogP contribution in [-0.4, -0.2) is 53.5 Å². The van der Waals surface area contributed by atoms with E-state index in [9.17, 15) is 14.9 Å². The van der Waals surface area contributed by atoms with Crippen LogP contribution >= 0.6 is 0 Å². The SMILES string of the molecule is CCCOc1cc(-c2nc(CC(=O)O)cc([C@@H]3COB(O)C3)n2)ccc1OC. The van der Waals surface area contributed by atoms with Crippen LogP contribution in [0.3, 0.4) is 0 Å². The summed E-state index contributed by atoms with van der Waals surface area (Å²) in [5.74, 6) is 0.499. The molecule has 0 unspecified atom stereocenters. The van der Waals surface area contributed by atoms with Crippen LogP contribution in [0.1, 0.15) is 30.7 Å². The van der Waals surface area contributed by atoms with Crippen molar-refractivity contribution in [2.75, 3.05) is 20.3 Å². The number of nitrogens with zero attached hydrogens (tertiary/aromatic N) is 2. The third kappa shape index (κ3) is 4.79. The van der Waals surface area contributed by atoms with Crippen LogP contribution in [0.2, 0.25) is 6.32 Å². The summed E-state index contributed by atoms with van der Waals surface area (Å²) >= 11 is 0. The first-order valence-corrected chi connectivity index (χ1v) is 9.20. The Labute approximate surface area is 163 Å². The normalized spacial score (nSPS) is 16.2. The highest BCUT2D eigenvalue weighted by Gasteiger charge is 2.31. The van der Waals surface area contributed by atoms with Crippen molar-refractivity contribution >= 4 is 13.1 Å². The molecule has 148 valence electrons. The maximum absolute atomic E-state index is 11.2. The van der Waals surface area contributed by atoms with Crippen LogP contribution < -0.4 is 9.47 Å². The second-order valence-corrected chi connectivity index (χ2v) is 6.61. The lowest BCUT2D eigenvalue weighted by molar-refractivity contribution is -0.136. The third-order valence-corrected chi connectivity index (χ3v) is 4.41. The smallest absolute Gasteiger partial charge is 0.454 e. The number of hydrogen-bond donors (Lipinski definition) is 2. The molecule has 0 saturated carbocycles. The Balaban J connectivity index is 2.00. The molecular weight excluding hydrogens is 363 g/mol. The highest BCUT2D eigenvalue weighted by atomic mass is 16.5. The number of aromatic nitrogens is 2. The summed E-state index contributed by atoms with van der Waals surface area (Å²) in [4.78, 5) is 20.2. The summed E-state index contributed by atoms with van der Waals surface area (Å²) in [7, 11) is 0.739. The fraction of sp³-hybridized carbons (Fsp3) is 0.421. The topological polar surface area (TPSA) is 111 Å². The van der Waals surface area contributed by atoms with E-state index in [2.05, 4.69) is 9.97 Å². The molecule has 1 saturated heterocycles. The Bertz CT molecular complexity index is 847. The summed E-state index contributed by atoms with van der Waals surface area (Å²) in [6.07, 6.45) is 1.05. The van der Waals surface area contributed by atoms with E-state index in [4.69, 9.17) is 14.1 Å². The predicted molar refractivity (Wildman–Crippen MR) is 103 cm³/mol. The molecule has 28 heavy (non-hydrogen) atoms. The third-order valence-electron chi connectivity index (χ3n) is 4.41. The second-order valence-electron chi connectivity index (χ2n) is 6.61. The minimum absolute atomic E-state index is 0.113. The summed E-state index contributed by atoms with van der Waals surface area (Å²) < 4.78 is 16.3. The lowest BCUT2D eigenvalue weighted by Crippen LogP contribution is -2.10. The molecule has 1 aromatic heterocycles. The zero-order valence-corrected chi connectivity index (χ0v) is 15.9. The predicted octanol–water partition coefficient (Wildman–Crippen LogP) is 2.16. The average molecular weight is 386 g/mol. The van der Waals surface area contributed by atoms with E-state index in [0.29, 0.717) is 53.8 Å². The Morgan fingerprint density at radius 3 is 2.79 bits per heavy atom. The highest BCUT2D eigenvalue weighted by molar-refractivity contribution is 6.43. The molecule has 1 aromatic carbocycles. The van der Waals surface area contributed by atoms with Gasteiger partial charge < -0.3 is 24.3 Å². The van der Waals surface area contributed by atoms with Gasteiger partial charge in [0.25, 0.3) is 0 Å². The van der Waals surface area contributed by atoms with Crippen molar-refractivity contribution in [3.8, 4) is 22.9 Å². The monoisotopic (exact) mass is 386 g/mol. The van der Waals surface area contributed by atoms with Gasteiger partial charge in [-0.15, -0.1) is 0 Å². The van der Waals surface area contributed by atoms with E-state index in [0.717, 1.165) is 6.42 Å². The molecule has 3 rings (SSSR count). The number of carboxylic acid groups (broad SMARTS) is 1. The molecule has 0 radical (unpaired) electrons. The summed E-state index contributed by atoms with van der Waals surface area (Å²) in [6.45, 7) is 2.89. The Morgan fingerprint density at radius 2 is 2.14 bits per heavy atom. The molecule has 2 aromatic rings. The van der Waals surface area contributed by atoms with Crippen molar-refractivity contribution < 1.29 is 29.1 Å². The van der Waals surface area contributed by atoms with Gasteiger partial charge in [-0.25, -0.2) is 9.97 Å². The van der Waals surface area contributed by atoms with Gasteiger partial charge >= 0.3 is 13.1 Å². The number of ether oxygens (including phenoxy) is 2. The standard InChI is InChI=1S/C19H23BN2O6/c1-3-6-27-17-7-12(4-5-16(17)26-2)19-21-14(9-18(23)24)8-15(22-19)13-10-20(25)28-11-13/h4-5,7-8,13,25H,3,6,9-11H2,1-2H3,(H,23,24)/t13-/m0/s1. The molecule has 2 N–H and O–H groups in total. The van der Waals surface area contributed by atoms with Crippen molar-refractivity contribution in [1.29, 1.82) is 0 Å². The van der Waals surface area contributed by atoms with Crippen molar-refractivity contribution in [2.45, 2.75) is 32.0 Å². The van der Waals surface area contributed by atoms with Gasteiger partial charge in [0.1, 0.15) is 0 Å². The van der Waals surface area contributed by atoms with Crippen molar-refractivity contribution in [1.82, 2.24) is 9.97 Å². The van der Waals surface area contributed by atoms with Crippen LogP contribution in [0.15, 0.2) is 24.3 Å². The Hall–Kier alpha value is -2.65. The quantitative estimate of drug-likeness (QED) is 0.664. The molecule has 1 aliphatic heterocycles. The average Bonchev–Trinajstić information content (AvgIpc) is 3.11. The van der Waals surface area contributed by atoms with Gasteiger partial charge in [0.15, 0.2) is 17.3 Å². The number of carbonyl (C=O) groups is 1. The van der Waals surface area contributed by atoms with Gasteiger partial charge in [0, 0.05) is 23.8 Å². The van der Waals surface area contributed by atoms with E-state index in [-0.39, 0.29) is 12.3 Å². The lowest BCUT2D eigenvalue weighted by Gasteiger charge is -2.14. The Kier molecular flexibility index (Phi) is 6.48. The van der Waals surface area contributed by atoms with Crippen molar-refractivity contribution in [2.24, 2.45) is 0 Å². The molecule has 1 aliphatic rings. The first-order chi connectivity index (χ1) is 13.5. The van der Waals surface area contributed by atoms with E-state index in [1.54, 1.807) is 31.4 Å². The van der Waals surface area contributed by atoms with Gasteiger partial charge in [-0.2, -0.15) is 0 Å². The van der Waals surface area contributed by atoms with E-state index in [1.807, 2.05) is 6.92 Å². The highest BCUT2D eigenvalue weighted by Crippen LogP contribution is 2.33. The second kappa shape index (κ2) is 9.03. The fourth-order valence-electron chi connectivity index (χ4n) is 3.06. The van der Waals surface area contributed by atoms with Crippen molar-refractivity contribution in [3.63, 3.8) is 0 Å². The molecule has 2 heterocycles. The van der Waals surface area contributed by atoms with Gasteiger partial charge in [-0.05, 0) is 37.0 Å². The molecule has 1 fully saturated rings. The van der Waals surface area contributed by atoms with Crippen LogP contribution in [-0.2, 0) is 15.9 Å². The van der Waals surface area contributed by atoms with Gasteiger partial charge in [0.05, 0.1) is 25.8 Å². The van der Waals surface area contributed by atoms with Crippen LogP contribution in [0.4, 0.5) is 0 Å². The van der Waals surface area contributed by atoms with Gasteiger partial charge in [-0.3, -0.25) is 4.79 Å². The van der Waals surface area contributed by atoms with Crippen LogP contribution in [0.25, 0.3) is 11.4 Å². The van der Waals surface area contributed by atoms with Crippen LogP contribution in [0, 0.1) is 0 Å². The fourth-order valence-corrected chi connectivity index (χ4v) is 3.06. The van der Waals surface area contributed by atoms with E-state index in [1.165, 1.54) is 0 Å². The molecule has 8 nitrogen and oxygen atoms in total. The molecular formula is C19H23BN2O6. The molecule has 0 amide bonds. The van der Waals surface area contributed by atoms with Gasteiger partial charge in [-0.1, -0.05) is 6.92 Å². The minimum Gasteiger partial charge on any atom is -0.493 e. The minimum atomic E-state index is -0.972. The number of aliphatic carboxylic acids is 1. The summed E-state index contributed by atoms with van der Waals surface area (Å²) in [6, 6.07) is 7.04. The molecule has 0 bridgehead atoms. The molecule has 0 spiro atoms. The number of carboxylic acids is 1. The molecule has 1 atom stereocenters. The first-order valence-electron chi connectivity index (χ1n) is 9.20. The lowest BCUT2D eigenvalue weighted by atomic mass is 9.81. The number of benzene rings is 1. The zero-order valence-electron chi connectivity index (χ0n) is 15.9. The first kappa shape index (κ1) is 20.1. The number of hydrogen-bond acceptors (Lipinski definition) is 7. The number of rotatable bonds is 8. The maximum Gasteiger partial charge on any atom is 0.454 e. The van der Waals surface area contributed by atoms with Crippen LogP contribution in [0.5, 0.6) is 11.5 Å². The maximum atomic E-state index is 11.2. The number of methoxy groups -OCH3 is 1. The molecule has 0 aliphatic carbocycles.